The number of amides is 1. The Morgan fingerprint density at radius 3 is 2.60 bits per heavy atom. The van der Waals surface area contributed by atoms with Crippen molar-refractivity contribution in [1.82, 2.24) is 10.3 Å². The van der Waals surface area contributed by atoms with E-state index in [1.165, 1.54) is 12.3 Å². The Hall–Kier alpha value is -1.92. The highest BCUT2D eigenvalue weighted by molar-refractivity contribution is 5.68. The number of rotatable bonds is 4. The number of nitrogens with one attached hydrogen (secondary N) is 1. The van der Waals surface area contributed by atoms with E-state index in [1.807, 2.05) is 0 Å². The molecule has 1 amide bonds. The Morgan fingerprint density at radius 1 is 1.40 bits per heavy atom. The summed E-state index contributed by atoms with van der Waals surface area (Å²) in [4.78, 5) is 15.3. The van der Waals surface area contributed by atoms with Crippen molar-refractivity contribution in [2.75, 3.05) is 0 Å². The molecule has 0 radical (unpaired) electrons. The summed E-state index contributed by atoms with van der Waals surface area (Å²) in [5.41, 5.74) is -0.0204. The van der Waals surface area contributed by atoms with E-state index in [-0.39, 0.29) is 5.88 Å². The third-order valence-electron chi connectivity index (χ3n) is 2.20. The molecule has 0 fully saturated rings. The smallest absolute Gasteiger partial charge is 0.408 e. The van der Waals surface area contributed by atoms with Gasteiger partial charge in [-0.05, 0) is 39.3 Å². The molecule has 0 bridgehead atoms. The van der Waals surface area contributed by atoms with E-state index >= 15 is 0 Å². The van der Waals surface area contributed by atoms with E-state index in [4.69, 9.17) is 4.74 Å². The van der Waals surface area contributed by atoms with Crippen molar-refractivity contribution in [3.8, 4) is 5.88 Å². The third kappa shape index (κ3) is 5.81. The number of alkyl carbamates (subject to hydrolysis) is 1. The maximum Gasteiger partial charge on any atom is 0.408 e. The molecule has 20 heavy (non-hydrogen) atoms. The summed E-state index contributed by atoms with van der Waals surface area (Å²) < 4.78 is 33.5. The van der Waals surface area contributed by atoms with Gasteiger partial charge in [-0.25, -0.2) is 9.78 Å². The number of nitrogens with zero attached hydrogens (tertiary/aromatic N) is 1. The lowest BCUT2D eigenvalue weighted by molar-refractivity contribution is -0.0529. The minimum absolute atomic E-state index is 0.199. The van der Waals surface area contributed by atoms with E-state index in [9.17, 15) is 13.6 Å². The number of hydrogen-bond donors (Lipinski definition) is 1. The Labute approximate surface area is 116 Å². The standard InChI is InChI=1S/C13H18F2N2O3/c1-8(17-12(18)20-13(2,3)4)9-5-6-16-10(7-9)19-11(14)15/h5-8,11H,1-4H3,(H,17,18). The fourth-order valence-electron chi connectivity index (χ4n) is 1.42. The highest BCUT2D eigenvalue weighted by Gasteiger charge is 2.18. The lowest BCUT2D eigenvalue weighted by Gasteiger charge is -2.22. The van der Waals surface area contributed by atoms with Gasteiger partial charge in [-0.3, -0.25) is 0 Å². The van der Waals surface area contributed by atoms with Gasteiger partial charge >= 0.3 is 12.7 Å². The van der Waals surface area contributed by atoms with Crippen molar-refractivity contribution < 1.29 is 23.0 Å². The SMILES string of the molecule is CC(NC(=O)OC(C)(C)C)c1ccnc(OC(F)F)c1. The second kappa shape index (κ2) is 6.49. The molecule has 0 aliphatic heterocycles. The number of aromatic nitrogens is 1. The molecule has 112 valence electrons. The van der Waals surface area contributed by atoms with Crippen molar-refractivity contribution in [2.45, 2.75) is 45.9 Å². The largest absolute Gasteiger partial charge is 0.444 e. The summed E-state index contributed by atoms with van der Waals surface area (Å²) in [6.07, 6.45) is 0.749. The van der Waals surface area contributed by atoms with Crippen LogP contribution in [0.5, 0.6) is 5.88 Å². The topological polar surface area (TPSA) is 60.5 Å². The molecule has 1 unspecified atom stereocenters. The second-order valence-electron chi connectivity index (χ2n) is 5.17. The van der Waals surface area contributed by atoms with Crippen LogP contribution in [0.2, 0.25) is 0 Å². The summed E-state index contributed by atoms with van der Waals surface area (Å²) in [5, 5.41) is 2.60. The molecular weight excluding hydrogens is 270 g/mol. The average molecular weight is 288 g/mol. The number of carbonyl (C=O) groups is 1. The van der Waals surface area contributed by atoms with Gasteiger partial charge in [0.15, 0.2) is 0 Å². The molecule has 1 atom stereocenters. The van der Waals surface area contributed by atoms with Crippen LogP contribution in [0.3, 0.4) is 0 Å². The zero-order chi connectivity index (χ0) is 15.3. The van der Waals surface area contributed by atoms with Crippen LogP contribution in [0.25, 0.3) is 0 Å². The number of carbonyl (C=O) groups excluding carboxylic acids is 1. The van der Waals surface area contributed by atoms with Crippen LogP contribution in [0.4, 0.5) is 13.6 Å². The molecule has 7 heteroatoms. The Bertz CT molecular complexity index is 461. The van der Waals surface area contributed by atoms with E-state index < -0.39 is 24.3 Å². The summed E-state index contributed by atoms with van der Waals surface area (Å²) in [7, 11) is 0. The predicted molar refractivity (Wildman–Crippen MR) is 68.7 cm³/mol. The van der Waals surface area contributed by atoms with Gasteiger partial charge in [0.05, 0.1) is 6.04 Å². The Morgan fingerprint density at radius 2 is 2.05 bits per heavy atom. The first kappa shape index (κ1) is 16.1. The van der Waals surface area contributed by atoms with E-state index in [0.29, 0.717) is 5.56 Å². The van der Waals surface area contributed by atoms with Crippen molar-refractivity contribution in [1.29, 1.82) is 0 Å². The van der Waals surface area contributed by atoms with Crippen molar-refractivity contribution in [2.24, 2.45) is 0 Å². The van der Waals surface area contributed by atoms with Gasteiger partial charge in [-0.1, -0.05) is 0 Å². The molecular formula is C13H18F2N2O3. The highest BCUT2D eigenvalue weighted by atomic mass is 19.3. The summed E-state index contributed by atoms with van der Waals surface area (Å²) in [6.45, 7) is 4.01. The quantitative estimate of drug-likeness (QED) is 0.923. The molecule has 0 aromatic carbocycles. The van der Waals surface area contributed by atoms with Gasteiger partial charge < -0.3 is 14.8 Å². The van der Waals surface area contributed by atoms with E-state index in [0.717, 1.165) is 0 Å². The van der Waals surface area contributed by atoms with Gasteiger partial charge in [0.1, 0.15) is 5.60 Å². The van der Waals surface area contributed by atoms with Crippen LogP contribution in [-0.2, 0) is 4.74 Å². The Balaban J connectivity index is 2.67. The maximum absolute atomic E-state index is 12.1. The van der Waals surface area contributed by atoms with Crippen LogP contribution < -0.4 is 10.1 Å². The van der Waals surface area contributed by atoms with Crippen molar-refractivity contribution in [3.05, 3.63) is 23.9 Å². The van der Waals surface area contributed by atoms with E-state index in [1.54, 1.807) is 33.8 Å². The lowest BCUT2D eigenvalue weighted by Crippen LogP contribution is -2.34. The number of halogens is 2. The molecule has 0 spiro atoms. The third-order valence-corrected chi connectivity index (χ3v) is 2.20. The molecule has 0 aliphatic rings. The minimum Gasteiger partial charge on any atom is -0.444 e. The monoisotopic (exact) mass is 288 g/mol. The Kier molecular flexibility index (Phi) is 5.24. The van der Waals surface area contributed by atoms with Gasteiger partial charge in [0.2, 0.25) is 5.88 Å². The number of alkyl halides is 2. The maximum atomic E-state index is 12.1. The summed E-state index contributed by atoms with van der Waals surface area (Å²) in [5.74, 6) is -0.199. The zero-order valence-electron chi connectivity index (χ0n) is 11.8. The van der Waals surface area contributed by atoms with Crippen LogP contribution in [0.1, 0.15) is 39.3 Å². The minimum atomic E-state index is -2.94. The molecule has 0 saturated carbocycles. The van der Waals surface area contributed by atoms with Crippen molar-refractivity contribution in [3.63, 3.8) is 0 Å². The first-order valence-electron chi connectivity index (χ1n) is 6.07. The molecule has 1 heterocycles. The molecule has 1 aromatic heterocycles. The predicted octanol–water partition coefficient (Wildman–Crippen LogP) is 3.27. The molecule has 5 nitrogen and oxygen atoms in total. The van der Waals surface area contributed by atoms with Crippen LogP contribution in [0, 0.1) is 0 Å². The van der Waals surface area contributed by atoms with Crippen LogP contribution in [-0.4, -0.2) is 23.3 Å². The van der Waals surface area contributed by atoms with E-state index in [2.05, 4.69) is 15.0 Å². The number of pyridine rings is 1. The van der Waals surface area contributed by atoms with Crippen LogP contribution >= 0.6 is 0 Å². The lowest BCUT2D eigenvalue weighted by atomic mass is 10.1. The van der Waals surface area contributed by atoms with Gasteiger partial charge in [0, 0.05) is 12.3 Å². The number of hydrogen-bond acceptors (Lipinski definition) is 4. The molecule has 1 N–H and O–H groups in total. The molecule has 0 aliphatic carbocycles. The second-order valence-corrected chi connectivity index (χ2v) is 5.17. The number of ether oxygens (including phenoxy) is 2. The first-order valence-corrected chi connectivity index (χ1v) is 6.07. The van der Waals surface area contributed by atoms with Gasteiger partial charge in [0.25, 0.3) is 0 Å². The summed E-state index contributed by atoms with van der Waals surface area (Å²) >= 11 is 0. The van der Waals surface area contributed by atoms with Crippen LogP contribution in [0.15, 0.2) is 18.3 Å². The molecule has 0 saturated heterocycles. The van der Waals surface area contributed by atoms with Crippen molar-refractivity contribution >= 4 is 6.09 Å². The summed E-state index contributed by atoms with van der Waals surface area (Å²) in [6, 6.07) is 2.52. The first-order chi connectivity index (χ1) is 9.17. The van der Waals surface area contributed by atoms with Gasteiger partial charge in [-0.2, -0.15) is 8.78 Å². The molecule has 1 rings (SSSR count). The fourth-order valence-corrected chi connectivity index (χ4v) is 1.42. The molecule has 1 aromatic rings. The zero-order valence-corrected chi connectivity index (χ0v) is 11.8. The average Bonchev–Trinajstić information content (AvgIpc) is 2.25. The van der Waals surface area contributed by atoms with Gasteiger partial charge in [-0.15, -0.1) is 0 Å². The normalized spacial score (nSPS) is 12.9. The fraction of sp³-hybridized carbons (Fsp3) is 0.538. The highest BCUT2D eigenvalue weighted by Crippen LogP contribution is 2.18.